The van der Waals surface area contributed by atoms with Gasteiger partial charge in [0, 0.05) is 30.6 Å². The van der Waals surface area contributed by atoms with Crippen molar-refractivity contribution in [2.24, 2.45) is 0 Å². The standard InChI is InChI=1S/C20H26N2O3S/c1-14(22-10-8-19-16(13-22)9-11-26-19)12-21-20(23)15(2)25-18-6-4-17(24-3)5-7-18/h4-7,9,11,14-15H,8,10,12-13H2,1-3H3,(H,21,23)/t14-,15-/m0/s1. The topological polar surface area (TPSA) is 50.8 Å². The van der Waals surface area contributed by atoms with Crippen LogP contribution in [0.3, 0.4) is 0 Å². The number of carbonyl (C=O) groups excluding carboxylic acids is 1. The van der Waals surface area contributed by atoms with Gasteiger partial charge >= 0.3 is 0 Å². The van der Waals surface area contributed by atoms with E-state index in [-0.39, 0.29) is 5.91 Å². The van der Waals surface area contributed by atoms with Crippen molar-refractivity contribution in [3.8, 4) is 11.5 Å². The quantitative estimate of drug-likeness (QED) is 0.809. The van der Waals surface area contributed by atoms with Crippen molar-refractivity contribution >= 4 is 17.2 Å². The van der Waals surface area contributed by atoms with E-state index in [4.69, 9.17) is 9.47 Å². The number of rotatable bonds is 7. The lowest BCUT2D eigenvalue weighted by Crippen LogP contribution is -2.46. The second-order valence-electron chi connectivity index (χ2n) is 6.62. The van der Waals surface area contributed by atoms with E-state index in [2.05, 4.69) is 28.6 Å². The normalized spacial score (nSPS) is 16.4. The molecular formula is C20H26N2O3S. The van der Waals surface area contributed by atoms with Crippen molar-refractivity contribution in [3.05, 3.63) is 46.2 Å². The van der Waals surface area contributed by atoms with E-state index in [0.29, 0.717) is 18.3 Å². The van der Waals surface area contributed by atoms with Gasteiger partial charge in [-0.05, 0) is 61.5 Å². The lowest BCUT2D eigenvalue weighted by Gasteiger charge is -2.32. The second-order valence-corrected chi connectivity index (χ2v) is 7.62. The molecule has 140 valence electrons. The fraction of sp³-hybridized carbons (Fsp3) is 0.450. The van der Waals surface area contributed by atoms with Gasteiger partial charge in [0.15, 0.2) is 6.10 Å². The van der Waals surface area contributed by atoms with E-state index in [1.807, 2.05) is 23.5 Å². The summed E-state index contributed by atoms with van der Waals surface area (Å²) in [5.41, 5.74) is 1.43. The van der Waals surface area contributed by atoms with Gasteiger partial charge in [-0.2, -0.15) is 0 Å². The first kappa shape index (κ1) is 18.7. The minimum absolute atomic E-state index is 0.0964. The first-order valence-corrected chi connectivity index (χ1v) is 9.82. The lowest BCUT2D eigenvalue weighted by molar-refractivity contribution is -0.127. The van der Waals surface area contributed by atoms with E-state index >= 15 is 0 Å². The van der Waals surface area contributed by atoms with Gasteiger partial charge in [0.25, 0.3) is 5.91 Å². The number of methoxy groups -OCH3 is 1. The van der Waals surface area contributed by atoms with Gasteiger partial charge in [0.2, 0.25) is 0 Å². The third-order valence-electron chi connectivity index (χ3n) is 4.77. The number of fused-ring (bicyclic) bond motifs is 1. The molecule has 1 aliphatic heterocycles. The molecule has 0 unspecified atom stereocenters. The number of thiophene rings is 1. The molecule has 1 N–H and O–H groups in total. The highest BCUT2D eigenvalue weighted by molar-refractivity contribution is 7.10. The Hall–Kier alpha value is -2.05. The van der Waals surface area contributed by atoms with Crippen molar-refractivity contribution < 1.29 is 14.3 Å². The number of amides is 1. The van der Waals surface area contributed by atoms with Crippen molar-refractivity contribution in [1.82, 2.24) is 10.2 Å². The first-order chi connectivity index (χ1) is 12.6. The van der Waals surface area contributed by atoms with Gasteiger partial charge < -0.3 is 14.8 Å². The van der Waals surface area contributed by atoms with Crippen molar-refractivity contribution in [3.63, 3.8) is 0 Å². The fourth-order valence-electron chi connectivity index (χ4n) is 3.08. The van der Waals surface area contributed by atoms with Gasteiger partial charge in [0.05, 0.1) is 7.11 Å². The monoisotopic (exact) mass is 374 g/mol. The van der Waals surface area contributed by atoms with Gasteiger partial charge in [-0.1, -0.05) is 0 Å². The zero-order valence-electron chi connectivity index (χ0n) is 15.5. The van der Waals surface area contributed by atoms with Crippen LogP contribution in [0.25, 0.3) is 0 Å². The molecule has 0 saturated heterocycles. The molecule has 0 aliphatic carbocycles. The molecule has 1 aromatic heterocycles. The molecule has 26 heavy (non-hydrogen) atoms. The maximum atomic E-state index is 12.3. The molecule has 1 aliphatic rings. The Morgan fingerprint density at radius 1 is 1.23 bits per heavy atom. The Balaban J connectivity index is 1.45. The number of nitrogens with zero attached hydrogens (tertiary/aromatic N) is 1. The number of nitrogens with one attached hydrogen (secondary N) is 1. The van der Waals surface area contributed by atoms with Gasteiger partial charge in [0.1, 0.15) is 11.5 Å². The third kappa shape index (κ3) is 4.56. The van der Waals surface area contributed by atoms with Crippen LogP contribution >= 0.6 is 11.3 Å². The summed E-state index contributed by atoms with van der Waals surface area (Å²) in [5.74, 6) is 1.32. The number of carbonyl (C=O) groups is 1. The second kappa shape index (κ2) is 8.56. The van der Waals surface area contributed by atoms with Crippen LogP contribution in [-0.4, -0.2) is 43.2 Å². The molecule has 0 bridgehead atoms. The predicted octanol–water partition coefficient (Wildman–Crippen LogP) is 3.09. The average molecular weight is 375 g/mol. The van der Waals surface area contributed by atoms with Gasteiger partial charge in [-0.15, -0.1) is 11.3 Å². The Labute approximate surface area is 158 Å². The molecular weight excluding hydrogens is 348 g/mol. The molecule has 2 heterocycles. The van der Waals surface area contributed by atoms with E-state index in [0.717, 1.165) is 25.3 Å². The molecule has 0 spiro atoms. The van der Waals surface area contributed by atoms with Crippen molar-refractivity contribution in [2.45, 2.75) is 39.0 Å². The van der Waals surface area contributed by atoms with Crippen LogP contribution in [0.5, 0.6) is 11.5 Å². The smallest absolute Gasteiger partial charge is 0.260 e. The maximum Gasteiger partial charge on any atom is 0.260 e. The summed E-state index contributed by atoms with van der Waals surface area (Å²) >= 11 is 1.84. The molecule has 0 fully saturated rings. The molecule has 0 radical (unpaired) electrons. The molecule has 6 heteroatoms. The summed E-state index contributed by atoms with van der Waals surface area (Å²) < 4.78 is 10.8. The minimum Gasteiger partial charge on any atom is -0.497 e. The van der Waals surface area contributed by atoms with Crippen molar-refractivity contribution in [2.75, 3.05) is 20.2 Å². The fourth-order valence-corrected chi connectivity index (χ4v) is 3.97. The Morgan fingerprint density at radius 3 is 2.69 bits per heavy atom. The number of hydrogen-bond donors (Lipinski definition) is 1. The van der Waals surface area contributed by atoms with Gasteiger partial charge in [-0.25, -0.2) is 0 Å². The van der Waals surface area contributed by atoms with Crippen LogP contribution in [0.2, 0.25) is 0 Å². The van der Waals surface area contributed by atoms with E-state index < -0.39 is 6.10 Å². The summed E-state index contributed by atoms with van der Waals surface area (Å²) in [6, 6.07) is 9.74. The zero-order valence-corrected chi connectivity index (χ0v) is 16.3. The molecule has 2 atom stereocenters. The Kier molecular flexibility index (Phi) is 6.16. The van der Waals surface area contributed by atoms with Crippen LogP contribution in [0, 0.1) is 0 Å². The summed E-state index contributed by atoms with van der Waals surface area (Å²) in [5, 5.41) is 5.18. The van der Waals surface area contributed by atoms with E-state index in [1.54, 1.807) is 26.2 Å². The molecule has 1 amide bonds. The van der Waals surface area contributed by atoms with E-state index in [1.165, 1.54) is 10.4 Å². The molecule has 2 aromatic rings. The largest absolute Gasteiger partial charge is 0.497 e. The van der Waals surface area contributed by atoms with Crippen LogP contribution in [0.4, 0.5) is 0 Å². The van der Waals surface area contributed by atoms with Crippen LogP contribution in [0.15, 0.2) is 35.7 Å². The highest BCUT2D eigenvalue weighted by atomic mass is 32.1. The summed E-state index contributed by atoms with van der Waals surface area (Å²) in [4.78, 5) is 16.3. The third-order valence-corrected chi connectivity index (χ3v) is 5.80. The first-order valence-electron chi connectivity index (χ1n) is 8.94. The van der Waals surface area contributed by atoms with Crippen LogP contribution in [-0.2, 0) is 17.8 Å². The molecule has 0 saturated carbocycles. The average Bonchev–Trinajstić information content (AvgIpc) is 3.14. The Bertz CT molecular complexity index is 729. The molecule has 3 rings (SSSR count). The van der Waals surface area contributed by atoms with Gasteiger partial charge in [-0.3, -0.25) is 9.69 Å². The highest BCUT2D eigenvalue weighted by Gasteiger charge is 2.22. The molecule has 1 aromatic carbocycles. The van der Waals surface area contributed by atoms with Crippen molar-refractivity contribution in [1.29, 1.82) is 0 Å². The highest BCUT2D eigenvalue weighted by Crippen LogP contribution is 2.25. The number of ether oxygens (including phenoxy) is 2. The SMILES string of the molecule is COc1ccc(O[C@@H](C)C(=O)NC[C@H](C)N2CCc3sccc3C2)cc1. The van der Waals surface area contributed by atoms with E-state index in [9.17, 15) is 4.79 Å². The number of benzene rings is 1. The van der Waals surface area contributed by atoms with Crippen LogP contribution < -0.4 is 14.8 Å². The minimum atomic E-state index is -0.541. The zero-order chi connectivity index (χ0) is 18.5. The predicted molar refractivity (Wildman–Crippen MR) is 104 cm³/mol. The summed E-state index contributed by atoms with van der Waals surface area (Å²) in [7, 11) is 1.62. The number of hydrogen-bond acceptors (Lipinski definition) is 5. The summed E-state index contributed by atoms with van der Waals surface area (Å²) in [6.07, 6.45) is 0.558. The molecule has 5 nitrogen and oxygen atoms in total. The summed E-state index contributed by atoms with van der Waals surface area (Å²) in [6.45, 7) is 6.56. The Morgan fingerprint density at radius 2 is 1.96 bits per heavy atom. The van der Waals surface area contributed by atoms with Crippen LogP contribution in [0.1, 0.15) is 24.3 Å². The maximum absolute atomic E-state index is 12.3. The lowest BCUT2D eigenvalue weighted by atomic mass is 10.1.